The van der Waals surface area contributed by atoms with Crippen molar-refractivity contribution in [3.63, 3.8) is 0 Å². The van der Waals surface area contributed by atoms with E-state index in [1.165, 1.54) is 13.2 Å². The lowest BCUT2D eigenvalue weighted by atomic mass is 10.1. The van der Waals surface area contributed by atoms with Crippen molar-refractivity contribution in [3.8, 4) is 5.75 Å². The second kappa shape index (κ2) is 6.99. The van der Waals surface area contributed by atoms with E-state index >= 15 is 0 Å². The molecular weight excluding hydrogens is 268 g/mol. The zero-order valence-electron chi connectivity index (χ0n) is 11.1. The number of benzene rings is 1. The van der Waals surface area contributed by atoms with Crippen LogP contribution < -0.4 is 15.4 Å². The smallest absolute Gasteiger partial charge is 0.255 e. The van der Waals surface area contributed by atoms with Crippen molar-refractivity contribution in [3.05, 3.63) is 28.8 Å². The van der Waals surface area contributed by atoms with Gasteiger partial charge >= 0.3 is 0 Å². The molecule has 0 spiro atoms. The van der Waals surface area contributed by atoms with Crippen molar-refractivity contribution in [1.29, 1.82) is 0 Å². The molecule has 1 aromatic carbocycles. The maximum Gasteiger partial charge on any atom is 0.255 e. The molecule has 104 valence electrons. The molecule has 0 heterocycles. The fraction of sp³-hybridized carbons (Fsp3) is 0.385. The molecule has 1 aromatic rings. The van der Waals surface area contributed by atoms with Crippen molar-refractivity contribution in [2.24, 2.45) is 0 Å². The number of amides is 2. The summed E-state index contributed by atoms with van der Waals surface area (Å²) >= 11 is 5.85. The molecule has 1 unspecified atom stereocenters. The van der Waals surface area contributed by atoms with E-state index in [0.717, 1.165) is 0 Å². The topological polar surface area (TPSA) is 67.4 Å². The lowest BCUT2D eigenvalue weighted by molar-refractivity contribution is -0.122. The first kappa shape index (κ1) is 15.3. The highest BCUT2D eigenvalue weighted by atomic mass is 35.5. The van der Waals surface area contributed by atoms with Crippen LogP contribution in [0, 0.1) is 0 Å². The molecule has 0 aromatic heterocycles. The number of rotatable bonds is 5. The minimum atomic E-state index is -0.629. The van der Waals surface area contributed by atoms with Crippen LogP contribution in [0.5, 0.6) is 5.75 Å². The van der Waals surface area contributed by atoms with E-state index < -0.39 is 11.9 Å². The van der Waals surface area contributed by atoms with Crippen molar-refractivity contribution >= 4 is 23.4 Å². The highest BCUT2D eigenvalue weighted by Gasteiger charge is 2.18. The first-order valence-electron chi connectivity index (χ1n) is 5.91. The van der Waals surface area contributed by atoms with E-state index in [1.807, 2.05) is 6.92 Å². The molecule has 0 aliphatic rings. The number of carbonyl (C=O) groups is 2. The maximum absolute atomic E-state index is 12.1. The second-order valence-corrected chi connectivity index (χ2v) is 4.37. The van der Waals surface area contributed by atoms with E-state index in [0.29, 0.717) is 22.9 Å². The summed E-state index contributed by atoms with van der Waals surface area (Å²) in [6.45, 7) is 3.94. The Kier molecular flexibility index (Phi) is 5.63. The maximum atomic E-state index is 12.1. The predicted octanol–water partition coefficient (Wildman–Crippen LogP) is 1.60. The van der Waals surface area contributed by atoms with Crippen LogP contribution in [0.25, 0.3) is 0 Å². The lowest BCUT2D eigenvalue weighted by Crippen LogP contribution is -2.44. The second-order valence-electron chi connectivity index (χ2n) is 3.93. The molecular formula is C13H17ClN2O3. The molecule has 0 fully saturated rings. The summed E-state index contributed by atoms with van der Waals surface area (Å²) in [6.07, 6.45) is 0. The number of hydrogen-bond acceptors (Lipinski definition) is 3. The molecule has 0 radical (unpaired) electrons. The third-order valence-electron chi connectivity index (χ3n) is 2.50. The number of hydrogen-bond donors (Lipinski definition) is 2. The molecule has 0 aliphatic heterocycles. The number of ether oxygens (including phenoxy) is 1. The van der Waals surface area contributed by atoms with E-state index in [2.05, 4.69) is 10.6 Å². The third kappa shape index (κ3) is 4.13. The average Bonchev–Trinajstić information content (AvgIpc) is 2.38. The molecule has 1 atom stereocenters. The van der Waals surface area contributed by atoms with Gasteiger partial charge in [0.05, 0.1) is 12.7 Å². The molecule has 1 rings (SSSR count). The van der Waals surface area contributed by atoms with Gasteiger partial charge < -0.3 is 15.4 Å². The summed E-state index contributed by atoms with van der Waals surface area (Å²) in [6, 6.07) is 4.11. The number of methoxy groups -OCH3 is 1. The summed E-state index contributed by atoms with van der Waals surface area (Å²) in [5, 5.41) is 5.65. The molecule has 0 bridgehead atoms. The summed E-state index contributed by atoms with van der Waals surface area (Å²) in [5.41, 5.74) is 0.297. The number of carbonyl (C=O) groups excluding carboxylic acids is 2. The molecule has 5 nitrogen and oxygen atoms in total. The third-order valence-corrected chi connectivity index (χ3v) is 2.73. The predicted molar refractivity (Wildman–Crippen MR) is 73.6 cm³/mol. The zero-order chi connectivity index (χ0) is 14.4. The van der Waals surface area contributed by atoms with Crippen LogP contribution in [0.1, 0.15) is 24.2 Å². The summed E-state index contributed by atoms with van der Waals surface area (Å²) in [5.74, 6) is -0.236. The van der Waals surface area contributed by atoms with E-state index in [-0.39, 0.29) is 5.91 Å². The van der Waals surface area contributed by atoms with Crippen molar-refractivity contribution < 1.29 is 14.3 Å². The van der Waals surface area contributed by atoms with Gasteiger partial charge in [-0.2, -0.15) is 0 Å². The van der Waals surface area contributed by atoms with Gasteiger partial charge in [-0.3, -0.25) is 9.59 Å². The first-order valence-corrected chi connectivity index (χ1v) is 6.29. The molecule has 0 saturated heterocycles. The summed E-state index contributed by atoms with van der Waals surface area (Å²) in [7, 11) is 1.47. The average molecular weight is 285 g/mol. The highest BCUT2D eigenvalue weighted by molar-refractivity contribution is 6.31. The van der Waals surface area contributed by atoms with Gasteiger partial charge in [0, 0.05) is 11.6 Å². The highest BCUT2D eigenvalue weighted by Crippen LogP contribution is 2.22. The van der Waals surface area contributed by atoms with Crippen LogP contribution in [0.4, 0.5) is 0 Å². The van der Waals surface area contributed by atoms with Gasteiger partial charge in [0.1, 0.15) is 11.8 Å². The first-order chi connectivity index (χ1) is 8.99. The van der Waals surface area contributed by atoms with Crippen LogP contribution in [0.3, 0.4) is 0 Å². The molecule has 6 heteroatoms. The minimum absolute atomic E-state index is 0.239. The van der Waals surface area contributed by atoms with E-state index in [9.17, 15) is 9.59 Å². The normalized spacial score (nSPS) is 11.6. The monoisotopic (exact) mass is 284 g/mol. The standard InChI is InChI=1S/C13H17ClN2O3/c1-4-15-12(17)8(2)16-13(18)10-7-9(14)5-6-11(10)19-3/h5-8H,4H2,1-3H3,(H,15,17)(H,16,18). The van der Waals surface area contributed by atoms with Gasteiger partial charge in [0.2, 0.25) is 5.91 Å². The number of nitrogens with one attached hydrogen (secondary N) is 2. The molecule has 19 heavy (non-hydrogen) atoms. The van der Waals surface area contributed by atoms with Crippen molar-refractivity contribution in [1.82, 2.24) is 10.6 Å². The van der Waals surface area contributed by atoms with Gasteiger partial charge in [0.25, 0.3) is 5.91 Å². The molecule has 0 aliphatic carbocycles. The van der Waals surface area contributed by atoms with Crippen LogP contribution in [0.2, 0.25) is 5.02 Å². The van der Waals surface area contributed by atoms with Gasteiger partial charge in [-0.15, -0.1) is 0 Å². The Bertz CT molecular complexity index is 477. The van der Waals surface area contributed by atoms with E-state index in [4.69, 9.17) is 16.3 Å². The largest absolute Gasteiger partial charge is 0.496 e. The summed E-state index contributed by atoms with van der Waals surface area (Å²) in [4.78, 5) is 23.6. The Morgan fingerprint density at radius 1 is 1.42 bits per heavy atom. The SMILES string of the molecule is CCNC(=O)C(C)NC(=O)c1cc(Cl)ccc1OC. The van der Waals surface area contributed by atoms with Gasteiger partial charge in [-0.25, -0.2) is 0 Å². The fourth-order valence-corrected chi connectivity index (χ4v) is 1.70. The minimum Gasteiger partial charge on any atom is -0.496 e. The van der Waals surface area contributed by atoms with Gasteiger partial charge in [0.15, 0.2) is 0 Å². The molecule has 2 N–H and O–H groups in total. The zero-order valence-corrected chi connectivity index (χ0v) is 11.9. The van der Waals surface area contributed by atoms with Crippen LogP contribution in [-0.4, -0.2) is 31.5 Å². The van der Waals surface area contributed by atoms with Crippen LogP contribution in [0.15, 0.2) is 18.2 Å². The molecule has 2 amide bonds. The Morgan fingerprint density at radius 2 is 2.11 bits per heavy atom. The number of halogens is 1. The summed E-state index contributed by atoms with van der Waals surface area (Å²) < 4.78 is 5.09. The molecule has 0 saturated carbocycles. The Hall–Kier alpha value is -1.75. The van der Waals surface area contributed by atoms with E-state index in [1.54, 1.807) is 19.1 Å². The van der Waals surface area contributed by atoms with Crippen LogP contribution >= 0.6 is 11.6 Å². The fourth-order valence-electron chi connectivity index (χ4n) is 1.52. The quantitative estimate of drug-likeness (QED) is 0.863. The Morgan fingerprint density at radius 3 is 2.68 bits per heavy atom. The van der Waals surface area contributed by atoms with Gasteiger partial charge in [-0.05, 0) is 32.0 Å². The Labute approximate surface area is 117 Å². The van der Waals surface area contributed by atoms with Crippen molar-refractivity contribution in [2.45, 2.75) is 19.9 Å². The number of likely N-dealkylation sites (N-methyl/N-ethyl adjacent to an activating group) is 1. The van der Waals surface area contributed by atoms with Gasteiger partial charge in [-0.1, -0.05) is 11.6 Å². The van der Waals surface area contributed by atoms with Crippen LogP contribution in [-0.2, 0) is 4.79 Å². The lowest BCUT2D eigenvalue weighted by Gasteiger charge is -2.15. The van der Waals surface area contributed by atoms with Crippen molar-refractivity contribution in [2.75, 3.05) is 13.7 Å². The Balaban J connectivity index is 2.83.